The number of halogens is 2. The van der Waals surface area contributed by atoms with Gasteiger partial charge in [-0.1, -0.05) is 47.5 Å². The molecule has 2 aromatic carbocycles. The molecular formula is C18H12Cl2N4S. The van der Waals surface area contributed by atoms with Crippen molar-refractivity contribution in [1.82, 2.24) is 14.8 Å². The van der Waals surface area contributed by atoms with Gasteiger partial charge in [0.25, 0.3) is 0 Å². The second-order valence-corrected chi connectivity index (χ2v) is 7.10. The summed E-state index contributed by atoms with van der Waals surface area (Å²) in [6, 6.07) is 16.9. The van der Waals surface area contributed by atoms with Crippen molar-refractivity contribution in [3.8, 4) is 27.6 Å². The molecule has 0 fully saturated rings. The Hall–Kier alpha value is -2.34. The maximum atomic E-state index is 6.13. The fourth-order valence-corrected chi connectivity index (χ4v) is 3.48. The number of aromatic nitrogens is 3. The summed E-state index contributed by atoms with van der Waals surface area (Å²) in [5, 5.41) is 8.64. The van der Waals surface area contributed by atoms with Crippen molar-refractivity contribution in [1.29, 1.82) is 0 Å². The van der Waals surface area contributed by atoms with Gasteiger partial charge in [0.05, 0.1) is 11.4 Å². The number of benzene rings is 2. The normalized spacial score (nSPS) is 11.0. The summed E-state index contributed by atoms with van der Waals surface area (Å²) < 4.78 is 1.65. The summed E-state index contributed by atoms with van der Waals surface area (Å²) in [4.78, 5) is 4.64. The number of rotatable bonds is 3. The Morgan fingerprint density at radius 2 is 1.40 bits per heavy atom. The molecule has 0 aliphatic rings. The molecule has 25 heavy (non-hydrogen) atoms. The molecule has 0 aliphatic heterocycles. The third-order valence-electron chi connectivity index (χ3n) is 3.69. The highest BCUT2D eigenvalue weighted by Crippen LogP contribution is 2.28. The lowest BCUT2D eigenvalue weighted by molar-refractivity contribution is 0.884. The standard InChI is InChI=1S/C18H12Cl2N4S/c19-13-5-1-11(2-6-13)15-9-17(21)24(23-15)18-22-16(10-25-18)12-3-7-14(20)8-4-12/h1-10H,21H2. The Morgan fingerprint density at radius 1 is 0.840 bits per heavy atom. The van der Waals surface area contributed by atoms with E-state index < -0.39 is 0 Å². The minimum absolute atomic E-state index is 0.530. The van der Waals surface area contributed by atoms with E-state index in [1.807, 2.05) is 60.0 Å². The molecule has 0 unspecified atom stereocenters. The summed E-state index contributed by atoms with van der Waals surface area (Å²) >= 11 is 13.4. The van der Waals surface area contributed by atoms with Crippen LogP contribution in [0.4, 0.5) is 5.82 Å². The van der Waals surface area contributed by atoms with E-state index in [1.165, 1.54) is 11.3 Å². The zero-order valence-electron chi connectivity index (χ0n) is 12.9. The summed E-state index contributed by atoms with van der Waals surface area (Å²) in [6.45, 7) is 0. The number of nitrogens with two attached hydrogens (primary N) is 1. The van der Waals surface area contributed by atoms with E-state index in [2.05, 4.69) is 10.1 Å². The molecular weight excluding hydrogens is 375 g/mol. The first-order valence-electron chi connectivity index (χ1n) is 7.43. The van der Waals surface area contributed by atoms with Crippen molar-refractivity contribution < 1.29 is 0 Å². The van der Waals surface area contributed by atoms with Crippen LogP contribution in [0.3, 0.4) is 0 Å². The molecule has 0 saturated carbocycles. The molecule has 0 atom stereocenters. The van der Waals surface area contributed by atoms with Crippen LogP contribution in [0.5, 0.6) is 0 Å². The van der Waals surface area contributed by atoms with Gasteiger partial charge in [0.15, 0.2) is 0 Å². The zero-order valence-corrected chi connectivity index (χ0v) is 15.2. The van der Waals surface area contributed by atoms with Crippen molar-refractivity contribution in [2.75, 3.05) is 5.73 Å². The summed E-state index contributed by atoms with van der Waals surface area (Å²) in [5.41, 5.74) is 9.71. The van der Waals surface area contributed by atoms with Crippen LogP contribution in [0.25, 0.3) is 27.6 Å². The zero-order chi connectivity index (χ0) is 17.4. The monoisotopic (exact) mass is 386 g/mol. The maximum Gasteiger partial charge on any atom is 0.212 e. The predicted octanol–water partition coefficient (Wildman–Crippen LogP) is 5.55. The minimum atomic E-state index is 0.530. The van der Waals surface area contributed by atoms with Crippen molar-refractivity contribution >= 4 is 40.4 Å². The Kier molecular flexibility index (Phi) is 4.21. The van der Waals surface area contributed by atoms with E-state index in [4.69, 9.17) is 28.9 Å². The van der Waals surface area contributed by atoms with Gasteiger partial charge in [0, 0.05) is 32.6 Å². The molecule has 0 bridgehead atoms. The van der Waals surface area contributed by atoms with Crippen molar-refractivity contribution in [2.45, 2.75) is 0 Å². The van der Waals surface area contributed by atoms with Crippen LogP contribution in [-0.4, -0.2) is 14.8 Å². The average molecular weight is 387 g/mol. The first-order valence-corrected chi connectivity index (χ1v) is 9.07. The van der Waals surface area contributed by atoms with E-state index >= 15 is 0 Å². The largest absolute Gasteiger partial charge is 0.383 e. The number of hydrogen-bond acceptors (Lipinski definition) is 4. The van der Waals surface area contributed by atoms with Crippen LogP contribution < -0.4 is 5.73 Å². The molecule has 0 radical (unpaired) electrons. The van der Waals surface area contributed by atoms with Crippen LogP contribution in [0, 0.1) is 0 Å². The number of nitrogen functional groups attached to an aromatic ring is 1. The van der Waals surface area contributed by atoms with Gasteiger partial charge < -0.3 is 5.73 Å². The SMILES string of the molecule is Nc1cc(-c2ccc(Cl)cc2)nn1-c1nc(-c2ccc(Cl)cc2)cs1. The van der Waals surface area contributed by atoms with Crippen molar-refractivity contribution in [2.24, 2.45) is 0 Å². The number of thiazole rings is 1. The number of anilines is 1. The van der Waals surface area contributed by atoms with Crippen LogP contribution in [0.2, 0.25) is 10.0 Å². The van der Waals surface area contributed by atoms with Crippen LogP contribution in [0.1, 0.15) is 0 Å². The van der Waals surface area contributed by atoms with Crippen LogP contribution in [0.15, 0.2) is 60.0 Å². The summed E-state index contributed by atoms with van der Waals surface area (Å²) in [6.07, 6.45) is 0. The number of nitrogens with zero attached hydrogens (tertiary/aromatic N) is 3. The fraction of sp³-hybridized carbons (Fsp3) is 0. The second-order valence-electron chi connectivity index (χ2n) is 5.40. The quantitative estimate of drug-likeness (QED) is 0.501. The van der Waals surface area contributed by atoms with Crippen molar-refractivity contribution in [3.05, 3.63) is 70.0 Å². The molecule has 0 spiro atoms. The molecule has 4 nitrogen and oxygen atoms in total. The van der Waals surface area contributed by atoms with E-state index in [-0.39, 0.29) is 0 Å². The third-order valence-corrected chi connectivity index (χ3v) is 5.01. The molecule has 4 aromatic rings. The molecule has 7 heteroatoms. The molecule has 124 valence electrons. The molecule has 2 N–H and O–H groups in total. The van der Waals surface area contributed by atoms with Crippen LogP contribution >= 0.6 is 34.5 Å². The van der Waals surface area contributed by atoms with Gasteiger partial charge in [-0.25, -0.2) is 4.98 Å². The molecule has 0 aliphatic carbocycles. The smallest absolute Gasteiger partial charge is 0.212 e. The molecule has 0 amide bonds. The molecule has 2 heterocycles. The highest BCUT2D eigenvalue weighted by atomic mass is 35.5. The molecule has 2 aromatic heterocycles. The van der Waals surface area contributed by atoms with Gasteiger partial charge in [-0.2, -0.15) is 9.78 Å². The number of hydrogen-bond donors (Lipinski definition) is 1. The molecule has 0 saturated heterocycles. The predicted molar refractivity (Wildman–Crippen MR) is 105 cm³/mol. The van der Waals surface area contributed by atoms with E-state index in [0.29, 0.717) is 21.0 Å². The highest BCUT2D eigenvalue weighted by Gasteiger charge is 2.13. The second kappa shape index (κ2) is 6.52. The highest BCUT2D eigenvalue weighted by molar-refractivity contribution is 7.12. The van der Waals surface area contributed by atoms with E-state index in [1.54, 1.807) is 4.68 Å². The summed E-state index contributed by atoms with van der Waals surface area (Å²) in [7, 11) is 0. The summed E-state index contributed by atoms with van der Waals surface area (Å²) in [5.74, 6) is 0.530. The van der Waals surface area contributed by atoms with E-state index in [9.17, 15) is 0 Å². The third kappa shape index (κ3) is 3.26. The van der Waals surface area contributed by atoms with Gasteiger partial charge in [-0.3, -0.25) is 0 Å². The Labute approximate surface area is 158 Å². The topological polar surface area (TPSA) is 56.7 Å². The fourth-order valence-electron chi connectivity index (χ4n) is 2.43. The van der Waals surface area contributed by atoms with Gasteiger partial charge in [-0.05, 0) is 24.3 Å². The first-order chi connectivity index (χ1) is 12.1. The average Bonchev–Trinajstić information content (AvgIpc) is 3.23. The Morgan fingerprint density at radius 3 is 2.00 bits per heavy atom. The van der Waals surface area contributed by atoms with Gasteiger partial charge in [-0.15, -0.1) is 11.3 Å². The van der Waals surface area contributed by atoms with Crippen LogP contribution in [-0.2, 0) is 0 Å². The Bertz CT molecular complexity index is 1020. The molecule has 4 rings (SSSR count). The lowest BCUT2D eigenvalue weighted by Crippen LogP contribution is -2.01. The van der Waals surface area contributed by atoms with Gasteiger partial charge in [0.2, 0.25) is 5.13 Å². The lowest BCUT2D eigenvalue weighted by Gasteiger charge is -1.99. The van der Waals surface area contributed by atoms with Gasteiger partial charge >= 0.3 is 0 Å². The lowest BCUT2D eigenvalue weighted by atomic mass is 10.1. The Balaban J connectivity index is 1.69. The van der Waals surface area contributed by atoms with E-state index in [0.717, 1.165) is 22.5 Å². The minimum Gasteiger partial charge on any atom is -0.383 e. The van der Waals surface area contributed by atoms with Gasteiger partial charge in [0.1, 0.15) is 5.82 Å². The maximum absolute atomic E-state index is 6.13. The first kappa shape index (κ1) is 16.1. The van der Waals surface area contributed by atoms with Crippen molar-refractivity contribution in [3.63, 3.8) is 0 Å².